The number of hydrogen-bond donors (Lipinski definition) is 2. The number of benzene rings is 2. The first kappa shape index (κ1) is 35.4. The highest BCUT2D eigenvalue weighted by Gasteiger charge is 2.36. The Kier molecular flexibility index (Phi) is 9.58. The van der Waals surface area contributed by atoms with Crippen LogP contribution < -0.4 is 15.4 Å². The molecule has 1 aliphatic carbocycles. The number of fused-ring (bicyclic) bond motifs is 2. The summed E-state index contributed by atoms with van der Waals surface area (Å²) in [5.41, 5.74) is 4.37. The Morgan fingerprint density at radius 3 is 2.69 bits per heavy atom. The summed E-state index contributed by atoms with van der Waals surface area (Å²) < 4.78 is 25.4. The Bertz CT molecular complexity index is 2300. The van der Waals surface area contributed by atoms with Crippen LogP contribution in [0.4, 0.5) is 10.1 Å². The van der Waals surface area contributed by atoms with Gasteiger partial charge in [0.05, 0.1) is 46.7 Å². The zero-order chi connectivity index (χ0) is 37.5. The van der Waals surface area contributed by atoms with Gasteiger partial charge in [-0.25, -0.2) is 4.39 Å². The number of amides is 3. The number of methoxy groups -OCH3 is 1. The number of halogens is 1. The van der Waals surface area contributed by atoms with Crippen molar-refractivity contribution in [2.75, 3.05) is 32.1 Å². The van der Waals surface area contributed by atoms with E-state index in [9.17, 15) is 19.6 Å². The van der Waals surface area contributed by atoms with Crippen LogP contribution in [0.15, 0.2) is 55.0 Å². The maximum Gasteiger partial charge on any atom is 0.257 e. The van der Waals surface area contributed by atoms with Crippen molar-refractivity contribution in [1.29, 1.82) is 5.26 Å². The van der Waals surface area contributed by atoms with Gasteiger partial charge in [0.2, 0.25) is 5.91 Å². The number of carbonyl (C=O) groups is 3. The van der Waals surface area contributed by atoms with Gasteiger partial charge in [0.1, 0.15) is 24.0 Å². The van der Waals surface area contributed by atoms with Crippen LogP contribution in [0, 0.1) is 24.2 Å². The van der Waals surface area contributed by atoms with E-state index < -0.39 is 18.1 Å². The third-order valence-corrected chi connectivity index (χ3v) is 11.4. The number of hydrogen-bond acceptors (Lipinski definition) is 9. The lowest BCUT2D eigenvalue weighted by Gasteiger charge is -2.38. The van der Waals surface area contributed by atoms with Gasteiger partial charge >= 0.3 is 0 Å². The van der Waals surface area contributed by atoms with E-state index in [0.29, 0.717) is 42.3 Å². The number of aromatic nitrogens is 5. The van der Waals surface area contributed by atoms with Crippen molar-refractivity contribution in [1.82, 2.24) is 34.8 Å². The molecule has 13 nitrogen and oxygen atoms in total. The second-order valence-corrected chi connectivity index (χ2v) is 14.8. The van der Waals surface area contributed by atoms with Gasteiger partial charge in [-0.05, 0) is 81.7 Å². The molecule has 1 saturated carbocycles. The lowest BCUT2D eigenvalue weighted by Crippen LogP contribution is -2.43. The van der Waals surface area contributed by atoms with Crippen LogP contribution in [-0.4, -0.2) is 80.1 Å². The number of carbonyl (C=O) groups excluding carboxylic acids is 3. The fourth-order valence-corrected chi connectivity index (χ4v) is 8.66. The quantitative estimate of drug-likeness (QED) is 0.189. The largest absolute Gasteiger partial charge is 0.494 e. The first-order valence-corrected chi connectivity index (χ1v) is 18.6. The number of aryl methyl sites for hydroxylation is 1. The Labute approximate surface area is 311 Å². The van der Waals surface area contributed by atoms with Gasteiger partial charge < -0.3 is 15.0 Å². The van der Waals surface area contributed by atoms with E-state index >= 15 is 4.39 Å². The highest BCUT2D eigenvalue weighted by atomic mass is 19.1. The van der Waals surface area contributed by atoms with Gasteiger partial charge in [-0.15, -0.1) is 0 Å². The predicted molar refractivity (Wildman–Crippen MR) is 199 cm³/mol. The van der Waals surface area contributed by atoms with Gasteiger partial charge in [-0.3, -0.25) is 34.0 Å². The summed E-state index contributed by atoms with van der Waals surface area (Å²) in [6, 6.07) is 12.7. The molecule has 278 valence electrons. The molecule has 8 rings (SSSR count). The van der Waals surface area contributed by atoms with Crippen LogP contribution in [0.1, 0.15) is 90.1 Å². The van der Waals surface area contributed by atoms with E-state index in [1.165, 1.54) is 18.5 Å². The van der Waals surface area contributed by atoms with Crippen molar-refractivity contribution >= 4 is 45.2 Å². The molecule has 0 spiro atoms. The molecule has 0 bridgehead atoms. The third-order valence-electron chi connectivity index (χ3n) is 11.4. The number of rotatable bonds is 8. The van der Waals surface area contributed by atoms with Crippen LogP contribution in [0.25, 0.3) is 21.8 Å². The molecule has 3 aliphatic rings. The number of nitrogens with one attached hydrogen (secondary N) is 2. The smallest absolute Gasteiger partial charge is 0.257 e. The van der Waals surface area contributed by atoms with Crippen LogP contribution >= 0.6 is 0 Å². The molecule has 5 heterocycles. The molecule has 1 unspecified atom stereocenters. The number of imide groups is 1. The van der Waals surface area contributed by atoms with Gasteiger partial charge in [-0.2, -0.15) is 15.5 Å². The molecule has 3 amide bonds. The molecule has 0 radical (unpaired) electrons. The number of nitriles is 1. The van der Waals surface area contributed by atoms with Gasteiger partial charge in [0.15, 0.2) is 0 Å². The summed E-state index contributed by atoms with van der Waals surface area (Å²) in [6.07, 6.45) is 9.16. The Balaban J connectivity index is 0.885. The number of pyridine rings is 1. The van der Waals surface area contributed by atoms with E-state index in [0.717, 1.165) is 71.8 Å². The standard InChI is InChI=1S/C40H42FN9O4/c1-23-38-30(4-3-5-34(38)50(46-23)35-10-11-37(51)45-40(35)53)29-12-13-48(22-31(29)41)20-24-6-8-28(9-7-24)49-21-27-15-33(36(54-2)16-32(27)47-49)44-39(52)26-14-25(17-42)18-43-19-26/h3-5,14-16,18-19,21,24,28-29,31,35H,6-13,20,22H2,1-2H3,(H,44,52)(H,45,51,53)/t24?,28?,29-,31+,35?/m0/s1. The van der Waals surface area contributed by atoms with Crippen LogP contribution in [0.3, 0.4) is 0 Å². The minimum atomic E-state index is -1.03. The monoisotopic (exact) mass is 731 g/mol. The molecule has 3 aromatic heterocycles. The van der Waals surface area contributed by atoms with Crippen molar-refractivity contribution in [3.05, 3.63) is 77.4 Å². The van der Waals surface area contributed by atoms with E-state index in [1.807, 2.05) is 54.2 Å². The summed E-state index contributed by atoms with van der Waals surface area (Å²) in [4.78, 5) is 43.6. The van der Waals surface area contributed by atoms with Crippen molar-refractivity contribution in [2.24, 2.45) is 5.92 Å². The van der Waals surface area contributed by atoms with E-state index in [4.69, 9.17) is 14.9 Å². The summed E-state index contributed by atoms with van der Waals surface area (Å²) in [5.74, 6) is -0.300. The Morgan fingerprint density at radius 2 is 1.93 bits per heavy atom. The minimum absolute atomic E-state index is 0.238. The summed E-state index contributed by atoms with van der Waals surface area (Å²) in [7, 11) is 1.54. The van der Waals surface area contributed by atoms with Gasteiger partial charge in [0.25, 0.3) is 11.8 Å². The Morgan fingerprint density at radius 1 is 1.09 bits per heavy atom. The molecule has 2 aliphatic heterocycles. The number of nitrogens with zero attached hydrogens (tertiary/aromatic N) is 7. The molecule has 54 heavy (non-hydrogen) atoms. The first-order valence-electron chi connectivity index (χ1n) is 18.6. The Hall–Kier alpha value is -5.68. The topological polar surface area (TPSA) is 160 Å². The number of likely N-dealkylation sites (tertiary alicyclic amines) is 1. The molecule has 2 aromatic carbocycles. The predicted octanol–water partition coefficient (Wildman–Crippen LogP) is 5.76. The van der Waals surface area contributed by atoms with Crippen LogP contribution in [0.2, 0.25) is 0 Å². The summed E-state index contributed by atoms with van der Waals surface area (Å²) in [5, 5.41) is 25.9. The van der Waals surface area contributed by atoms with Gasteiger partial charge in [-0.1, -0.05) is 12.1 Å². The van der Waals surface area contributed by atoms with Crippen molar-refractivity contribution in [2.45, 2.75) is 76.0 Å². The van der Waals surface area contributed by atoms with Crippen molar-refractivity contribution < 1.29 is 23.5 Å². The summed E-state index contributed by atoms with van der Waals surface area (Å²) in [6.45, 7) is 3.97. The normalized spacial score (nSPS) is 23.6. The molecule has 3 atom stereocenters. The van der Waals surface area contributed by atoms with Gasteiger partial charge in [0, 0.05) is 60.9 Å². The maximum absolute atomic E-state index is 16.1. The second-order valence-electron chi connectivity index (χ2n) is 14.8. The average Bonchev–Trinajstić information content (AvgIpc) is 3.75. The molecule has 3 fully saturated rings. The zero-order valence-electron chi connectivity index (χ0n) is 30.3. The summed E-state index contributed by atoms with van der Waals surface area (Å²) >= 11 is 0. The number of alkyl halides is 1. The van der Waals surface area contributed by atoms with E-state index in [-0.39, 0.29) is 35.8 Å². The van der Waals surface area contributed by atoms with E-state index in [2.05, 4.69) is 20.5 Å². The van der Waals surface area contributed by atoms with Crippen molar-refractivity contribution in [3.63, 3.8) is 0 Å². The maximum atomic E-state index is 16.1. The highest BCUT2D eigenvalue weighted by Crippen LogP contribution is 2.40. The fraction of sp³-hybridized carbons (Fsp3) is 0.425. The SMILES string of the molecule is COc1cc2nn(C3CCC(CN4CC[C@@H](c5cccc6c5c(C)nn6C5CCC(=O)NC5=O)[C@H](F)C4)CC3)cc2cc1NC(=O)c1cncc(C#N)c1. The molecule has 5 aromatic rings. The van der Waals surface area contributed by atoms with Crippen LogP contribution in [0.5, 0.6) is 5.75 Å². The molecule has 2 saturated heterocycles. The molecular formula is C40H42FN9O4. The average molecular weight is 732 g/mol. The number of anilines is 1. The van der Waals surface area contributed by atoms with E-state index in [1.54, 1.807) is 11.8 Å². The number of piperidine rings is 2. The first-order chi connectivity index (χ1) is 26.2. The number of ether oxygens (including phenoxy) is 1. The second kappa shape index (κ2) is 14.6. The highest BCUT2D eigenvalue weighted by molar-refractivity contribution is 6.06. The molecule has 2 N–H and O–H groups in total. The lowest BCUT2D eigenvalue weighted by molar-refractivity contribution is -0.135. The lowest BCUT2D eigenvalue weighted by atomic mass is 9.83. The fourth-order valence-electron chi connectivity index (χ4n) is 8.66. The molecular weight excluding hydrogens is 689 g/mol. The minimum Gasteiger partial charge on any atom is -0.494 e. The molecule has 14 heteroatoms. The van der Waals surface area contributed by atoms with Crippen LogP contribution in [-0.2, 0) is 9.59 Å². The third kappa shape index (κ3) is 6.80. The van der Waals surface area contributed by atoms with Crippen molar-refractivity contribution in [3.8, 4) is 11.8 Å². The zero-order valence-corrected chi connectivity index (χ0v) is 30.3.